The number of rotatable bonds is 3. The summed E-state index contributed by atoms with van der Waals surface area (Å²) in [7, 11) is 0. The SMILES string of the molecule is Cc1ccc(C(NN)C2CCOC3(CCSC3)C2)cc1F. The van der Waals surface area contributed by atoms with Gasteiger partial charge < -0.3 is 4.74 Å². The van der Waals surface area contributed by atoms with Crippen molar-refractivity contribution in [1.82, 2.24) is 5.43 Å². The van der Waals surface area contributed by atoms with Crippen LogP contribution in [-0.2, 0) is 4.74 Å². The van der Waals surface area contributed by atoms with Crippen molar-refractivity contribution < 1.29 is 9.13 Å². The van der Waals surface area contributed by atoms with Crippen LogP contribution in [0.5, 0.6) is 0 Å². The van der Waals surface area contributed by atoms with Crippen molar-refractivity contribution in [2.75, 3.05) is 18.1 Å². The first-order valence-electron chi connectivity index (χ1n) is 7.57. The van der Waals surface area contributed by atoms with Crippen molar-refractivity contribution in [3.05, 3.63) is 35.1 Å². The molecule has 2 fully saturated rings. The quantitative estimate of drug-likeness (QED) is 0.666. The average molecular weight is 310 g/mol. The van der Waals surface area contributed by atoms with Crippen molar-refractivity contribution in [2.45, 2.75) is 37.8 Å². The molecular weight excluding hydrogens is 287 g/mol. The van der Waals surface area contributed by atoms with E-state index >= 15 is 0 Å². The second kappa shape index (κ2) is 6.24. The number of hydrazine groups is 1. The Morgan fingerprint density at radius 1 is 1.52 bits per heavy atom. The van der Waals surface area contributed by atoms with Crippen LogP contribution in [0.3, 0.4) is 0 Å². The van der Waals surface area contributed by atoms with Gasteiger partial charge in [0, 0.05) is 18.4 Å². The predicted molar refractivity (Wildman–Crippen MR) is 84.6 cm³/mol. The van der Waals surface area contributed by atoms with Crippen molar-refractivity contribution in [3.8, 4) is 0 Å². The van der Waals surface area contributed by atoms with Gasteiger partial charge in [0.2, 0.25) is 0 Å². The summed E-state index contributed by atoms with van der Waals surface area (Å²) in [5, 5.41) is 0. The predicted octanol–water partition coefficient (Wildman–Crippen LogP) is 2.94. The highest BCUT2D eigenvalue weighted by molar-refractivity contribution is 7.99. The number of aryl methyl sites for hydroxylation is 1. The minimum Gasteiger partial charge on any atom is -0.374 e. The number of nitrogens with two attached hydrogens (primary N) is 1. The van der Waals surface area contributed by atoms with Crippen LogP contribution >= 0.6 is 11.8 Å². The van der Waals surface area contributed by atoms with E-state index in [-0.39, 0.29) is 17.5 Å². The van der Waals surface area contributed by atoms with Crippen LogP contribution in [0.4, 0.5) is 4.39 Å². The molecule has 0 aromatic heterocycles. The molecule has 5 heteroatoms. The molecule has 2 saturated heterocycles. The summed E-state index contributed by atoms with van der Waals surface area (Å²) >= 11 is 1.96. The summed E-state index contributed by atoms with van der Waals surface area (Å²) in [6, 6.07) is 5.42. The first kappa shape index (κ1) is 15.3. The Labute approximate surface area is 129 Å². The van der Waals surface area contributed by atoms with Gasteiger partial charge in [-0.25, -0.2) is 4.39 Å². The molecule has 0 aliphatic carbocycles. The molecule has 3 rings (SSSR count). The smallest absolute Gasteiger partial charge is 0.126 e. The third-order valence-corrected chi connectivity index (χ3v) is 6.03. The summed E-state index contributed by atoms with van der Waals surface area (Å²) in [6.45, 7) is 2.56. The van der Waals surface area contributed by atoms with Crippen LogP contribution in [0.2, 0.25) is 0 Å². The van der Waals surface area contributed by atoms with E-state index in [9.17, 15) is 4.39 Å². The molecule has 2 aliphatic heterocycles. The second-order valence-electron chi connectivity index (χ2n) is 6.24. The van der Waals surface area contributed by atoms with Gasteiger partial charge in [0.15, 0.2) is 0 Å². The zero-order valence-corrected chi connectivity index (χ0v) is 13.2. The molecule has 1 spiro atoms. The van der Waals surface area contributed by atoms with Crippen LogP contribution < -0.4 is 11.3 Å². The van der Waals surface area contributed by atoms with Crippen LogP contribution in [0, 0.1) is 18.7 Å². The number of ether oxygens (including phenoxy) is 1. The summed E-state index contributed by atoms with van der Waals surface area (Å²) in [4.78, 5) is 0. The van der Waals surface area contributed by atoms with Gasteiger partial charge in [0.1, 0.15) is 5.82 Å². The molecule has 1 aromatic rings. The number of thioether (sulfide) groups is 1. The lowest BCUT2D eigenvalue weighted by Crippen LogP contribution is -2.45. The van der Waals surface area contributed by atoms with Crippen LogP contribution in [-0.4, -0.2) is 23.7 Å². The fourth-order valence-electron chi connectivity index (χ4n) is 3.52. The Kier molecular flexibility index (Phi) is 4.54. The molecule has 2 aliphatic rings. The molecule has 21 heavy (non-hydrogen) atoms. The third-order valence-electron chi connectivity index (χ3n) is 4.80. The molecule has 0 radical (unpaired) electrons. The first-order chi connectivity index (χ1) is 10.1. The van der Waals surface area contributed by atoms with Gasteiger partial charge in [-0.2, -0.15) is 11.8 Å². The number of nitrogens with one attached hydrogen (secondary N) is 1. The van der Waals surface area contributed by atoms with Gasteiger partial charge >= 0.3 is 0 Å². The van der Waals surface area contributed by atoms with Crippen molar-refractivity contribution in [2.24, 2.45) is 11.8 Å². The second-order valence-corrected chi connectivity index (χ2v) is 7.35. The molecule has 2 heterocycles. The molecule has 0 bridgehead atoms. The van der Waals surface area contributed by atoms with Crippen molar-refractivity contribution in [3.63, 3.8) is 0 Å². The molecule has 3 unspecified atom stereocenters. The van der Waals surface area contributed by atoms with Gasteiger partial charge in [-0.1, -0.05) is 12.1 Å². The van der Waals surface area contributed by atoms with E-state index in [1.165, 1.54) is 5.75 Å². The molecule has 0 saturated carbocycles. The highest BCUT2D eigenvalue weighted by Crippen LogP contribution is 2.43. The first-order valence-corrected chi connectivity index (χ1v) is 8.73. The van der Waals surface area contributed by atoms with Crippen molar-refractivity contribution in [1.29, 1.82) is 0 Å². The Hall–Kier alpha value is -0.620. The fourth-order valence-corrected chi connectivity index (χ4v) is 4.90. The Morgan fingerprint density at radius 2 is 2.38 bits per heavy atom. The number of benzene rings is 1. The summed E-state index contributed by atoms with van der Waals surface area (Å²) in [5.74, 6) is 8.27. The van der Waals surface area contributed by atoms with E-state index < -0.39 is 0 Å². The molecule has 3 N–H and O–H groups in total. The lowest BCUT2D eigenvalue weighted by molar-refractivity contribution is -0.0854. The zero-order valence-electron chi connectivity index (χ0n) is 12.4. The van der Waals surface area contributed by atoms with Crippen LogP contribution in [0.25, 0.3) is 0 Å². The number of halogens is 1. The third kappa shape index (κ3) is 3.11. The maximum absolute atomic E-state index is 13.8. The molecule has 1 aromatic carbocycles. The van der Waals surface area contributed by atoms with E-state index in [1.807, 2.05) is 23.9 Å². The van der Waals surface area contributed by atoms with E-state index in [2.05, 4.69) is 5.43 Å². The highest BCUT2D eigenvalue weighted by Gasteiger charge is 2.42. The fraction of sp³-hybridized carbons (Fsp3) is 0.625. The summed E-state index contributed by atoms with van der Waals surface area (Å²) in [5.41, 5.74) is 4.54. The van der Waals surface area contributed by atoms with Crippen LogP contribution in [0.1, 0.15) is 36.4 Å². The van der Waals surface area contributed by atoms with Gasteiger partial charge in [-0.3, -0.25) is 11.3 Å². The molecular formula is C16H23FN2OS. The number of hydrogen-bond acceptors (Lipinski definition) is 4. The Morgan fingerprint density at radius 3 is 3.05 bits per heavy atom. The standard InChI is InChI=1S/C16H23FN2OS/c1-11-2-3-12(8-14(11)17)15(19-18)13-4-6-20-16(9-13)5-7-21-10-16/h2-3,8,13,15,19H,4-7,9-10,18H2,1H3. The largest absolute Gasteiger partial charge is 0.374 e. The maximum Gasteiger partial charge on any atom is 0.126 e. The van der Waals surface area contributed by atoms with E-state index in [0.717, 1.165) is 37.2 Å². The van der Waals surface area contributed by atoms with Gasteiger partial charge in [0.25, 0.3) is 0 Å². The summed E-state index contributed by atoms with van der Waals surface area (Å²) < 4.78 is 19.9. The minimum atomic E-state index is -0.161. The zero-order chi connectivity index (χ0) is 14.9. The summed E-state index contributed by atoms with van der Waals surface area (Å²) in [6.07, 6.45) is 3.09. The molecule has 3 atom stereocenters. The highest BCUT2D eigenvalue weighted by atomic mass is 32.2. The Balaban J connectivity index is 1.80. The van der Waals surface area contributed by atoms with E-state index in [4.69, 9.17) is 10.6 Å². The average Bonchev–Trinajstić information content (AvgIpc) is 2.91. The Bertz CT molecular complexity index is 505. The topological polar surface area (TPSA) is 47.3 Å². The minimum absolute atomic E-state index is 0.00789. The van der Waals surface area contributed by atoms with Gasteiger partial charge in [0.05, 0.1) is 5.60 Å². The monoisotopic (exact) mass is 310 g/mol. The molecule has 116 valence electrons. The van der Waals surface area contributed by atoms with Gasteiger partial charge in [-0.05, 0) is 55.1 Å². The lowest BCUT2D eigenvalue weighted by Gasteiger charge is -2.41. The van der Waals surface area contributed by atoms with E-state index in [0.29, 0.717) is 11.5 Å². The van der Waals surface area contributed by atoms with Crippen LogP contribution in [0.15, 0.2) is 18.2 Å². The molecule has 0 amide bonds. The normalized spacial score (nSPS) is 30.7. The lowest BCUT2D eigenvalue weighted by atomic mass is 9.79. The van der Waals surface area contributed by atoms with Crippen molar-refractivity contribution >= 4 is 11.8 Å². The van der Waals surface area contributed by atoms with E-state index in [1.54, 1.807) is 13.0 Å². The van der Waals surface area contributed by atoms with Gasteiger partial charge in [-0.15, -0.1) is 0 Å². The number of hydrogen-bond donors (Lipinski definition) is 2. The maximum atomic E-state index is 13.8. The molecule has 3 nitrogen and oxygen atoms in total.